The molecule has 1 saturated heterocycles. The van der Waals surface area contributed by atoms with Gasteiger partial charge in [-0.15, -0.1) is 0 Å². The molecule has 3 aliphatic rings. The fourth-order valence-electron chi connectivity index (χ4n) is 6.03. The first kappa shape index (κ1) is 25.8. The smallest absolute Gasteiger partial charge is 0.335 e. The molecule has 2 unspecified atom stereocenters. The Bertz CT molecular complexity index is 638. The van der Waals surface area contributed by atoms with Gasteiger partial charge in [-0.3, -0.25) is 0 Å². The molecule has 2 fully saturated rings. The SMILES string of the molecule is CCCC1=CC=C(CCCCC2CCC(C3CCC(CCC)CC3)CO2)C(F)(F)C1(F)F. The van der Waals surface area contributed by atoms with E-state index in [1.54, 1.807) is 6.92 Å². The molecule has 3 rings (SSSR count). The number of hydrogen-bond acceptors (Lipinski definition) is 1. The van der Waals surface area contributed by atoms with Gasteiger partial charge in [0.2, 0.25) is 0 Å². The molecule has 0 aromatic carbocycles. The average molecular weight is 459 g/mol. The minimum Gasteiger partial charge on any atom is -0.378 e. The fraction of sp³-hybridized carbons (Fsp3) is 0.852. The van der Waals surface area contributed by atoms with Crippen LogP contribution in [0.25, 0.3) is 0 Å². The molecule has 2 atom stereocenters. The zero-order chi connectivity index (χ0) is 23.2. The van der Waals surface area contributed by atoms with Crippen LogP contribution in [0.5, 0.6) is 0 Å². The van der Waals surface area contributed by atoms with Gasteiger partial charge in [-0.1, -0.05) is 64.5 Å². The fourth-order valence-corrected chi connectivity index (χ4v) is 6.03. The summed E-state index contributed by atoms with van der Waals surface area (Å²) in [6.45, 7) is 4.82. The van der Waals surface area contributed by atoms with Gasteiger partial charge in [0.15, 0.2) is 0 Å². The van der Waals surface area contributed by atoms with Crippen LogP contribution < -0.4 is 0 Å². The largest absolute Gasteiger partial charge is 0.378 e. The van der Waals surface area contributed by atoms with Crippen molar-refractivity contribution in [2.75, 3.05) is 6.61 Å². The normalized spacial score (nSPS) is 32.3. The summed E-state index contributed by atoms with van der Waals surface area (Å²) in [6, 6.07) is 0. The van der Waals surface area contributed by atoms with E-state index >= 15 is 0 Å². The van der Waals surface area contributed by atoms with E-state index in [-0.39, 0.29) is 18.9 Å². The van der Waals surface area contributed by atoms with E-state index in [0.29, 0.717) is 18.8 Å². The van der Waals surface area contributed by atoms with E-state index in [0.717, 1.165) is 37.7 Å². The topological polar surface area (TPSA) is 9.23 Å². The lowest BCUT2D eigenvalue weighted by Crippen LogP contribution is -2.45. The second kappa shape index (κ2) is 11.5. The molecule has 1 aliphatic heterocycles. The van der Waals surface area contributed by atoms with Crippen LogP contribution in [0.4, 0.5) is 17.6 Å². The van der Waals surface area contributed by atoms with Crippen molar-refractivity contribution in [3.63, 3.8) is 0 Å². The van der Waals surface area contributed by atoms with Crippen molar-refractivity contribution < 1.29 is 22.3 Å². The molecule has 0 aromatic rings. The van der Waals surface area contributed by atoms with Gasteiger partial charge in [0.1, 0.15) is 0 Å². The lowest BCUT2D eigenvalue weighted by molar-refractivity contribution is -0.166. The highest BCUT2D eigenvalue weighted by molar-refractivity contribution is 5.37. The van der Waals surface area contributed by atoms with Gasteiger partial charge in [0, 0.05) is 11.1 Å². The van der Waals surface area contributed by atoms with Crippen molar-refractivity contribution in [1.82, 2.24) is 0 Å². The summed E-state index contributed by atoms with van der Waals surface area (Å²) < 4.78 is 63.5. The number of ether oxygens (including phenoxy) is 1. The number of unbranched alkanes of at least 4 members (excludes halogenated alkanes) is 1. The summed E-state index contributed by atoms with van der Waals surface area (Å²) in [4.78, 5) is 0. The van der Waals surface area contributed by atoms with Gasteiger partial charge in [-0.05, 0) is 69.1 Å². The maximum absolute atomic E-state index is 14.4. The van der Waals surface area contributed by atoms with E-state index in [1.807, 2.05) is 0 Å². The minimum absolute atomic E-state index is 0.00651. The highest BCUT2D eigenvalue weighted by Crippen LogP contribution is 2.49. The highest BCUT2D eigenvalue weighted by atomic mass is 19.3. The van der Waals surface area contributed by atoms with Crippen LogP contribution in [-0.4, -0.2) is 24.6 Å². The van der Waals surface area contributed by atoms with Crippen molar-refractivity contribution in [2.45, 2.75) is 122 Å². The van der Waals surface area contributed by atoms with Crippen molar-refractivity contribution in [1.29, 1.82) is 0 Å². The van der Waals surface area contributed by atoms with Crippen molar-refractivity contribution >= 4 is 0 Å². The van der Waals surface area contributed by atoms with Crippen LogP contribution in [0.1, 0.15) is 104 Å². The molecule has 5 heteroatoms. The van der Waals surface area contributed by atoms with E-state index < -0.39 is 23.0 Å². The predicted molar refractivity (Wildman–Crippen MR) is 122 cm³/mol. The minimum atomic E-state index is -4.07. The molecular formula is C27H42F4O. The van der Waals surface area contributed by atoms with Gasteiger partial charge >= 0.3 is 11.8 Å². The first-order valence-electron chi connectivity index (χ1n) is 13.1. The molecule has 2 aliphatic carbocycles. The van der Waals surface area contributed by atoms with Gasteiger partial charge in [-0.25, -0.2) is 0 Å². The summed E-state index contributed by atoms with van der Waals surface area (Å²) in [5.41, 5.74) is -0.872. The number of allylic oxidation sites excluding steroid dienone is 4. The molecule has 0 N–H and O–H groups in total. The van der Waals surface area contributed by atoms with E-state index in [1.165, 1.54) is 57.1 Å². The van der Waals surface area contributed by atoms with E-state index in [4.69, 9.17) is 4.74 Å². The summed E-state index contributed by atoms with van der Waals surface area (Å²) in [5, 5.41) is 0. The van der Waals surface area contributed by atoms with Gasteiger partial charge in [-0.2, -0.15) is 17.6 Å². The van der Waals surface area contributed by atoms with Crippen molar-refractivity contribution in [3.8, 4) is 0 Å². The summed E-state index contributed by atoms with van der Waals surface area (Å²) in [5.74, 6) is -5.74. The van der Waals surface area contributed by atoms with Crippen LogP contribution in [0.3, 0.4) is 0 Å². The van der Waals surface area contributed by atoms with E-state index in [9.17, 15) is 17.6 Å². The molecule has 0 aromatic heterocycles. The number of halogens is 4. The summed E-state index contributed by atoms with van der Waals surface area (Å²) in [7, 11) is 0. The van der Waals surface area contributed by atoms with Crippen molar-refractivity contribution in [2.24, 2.45) is 17.8 Å². The molecule has 1 heterocycles. The third-order valence-electron chi connectivity index (χ3n) is 8.09. The zero-order valence-corrected chi connectivity index (χ0v) is 20.0. The monoisotopic (exact) mass is 458 g/mol. The van der Waals surface area contributed by atoms with E-state index in [2.05, 4.69) is 6.92 Å². The lowest BCUT2D eigenvalue weighted by Gasteiger charge is -2.38. The van der Waals surface area contributed by atoms with Crippen LogP contribution in [-0.2, 0) is 4.74 Å². The number of hydrogen-bond donors (Lipinski definition) is 0. The van der Waals surface area contributed by atoms with Crippen LogP contribution >= 0.6 is 0 Å². The first-order chi connectivity index (χ1) is 15.3. The maximum Gasteiger partial charge on any atom is 0.335 e. The van der Waals surface area contributed by atoms with Gasteiger partial charge in [0.05, 0.1) is 12.7 Å². The molecule has 0 radical (unpaired) electrons. The second-order valence-corrected chi connectivity index (χ2v) is 10.4. The quantitative estimate of drug-likeness (QED) is 0.235. The molecule has 32 heavy (non-hydrogen) atoms. The molecule has 1 nitrogen and oxygen atoms in total. The van der Waals surface area contributed by atoms with Gasteiger partial charge < -0.3 is 4.74 Å². The number of rotatable bonds is 10. The average Bonchev–Trinajstić information content (AvgIpc) is 2.77. The molecule has 1 saturated carbocycles. The Hall–Kier alpha value is -0.840. The molecule has 0 amide bonds. The molecular weight excluding hydrogens is 416 g/mol. The van der Waals surface area contributed by atoms with Crippen LogP contribution in [0, 0.1) is 17.8 Å². The van der Waals surface area contributed by atoms with Crippen molar-refractivity contribution in [3.05, 3.63) is 23.3 Å². The van der Waals surface area contributed by atoms with Crippen LogP contribution in [0.15, 0.2) is 23.3 Å². The molecule has 0 spiro atoms. The Kier molecular flexibility index (Phi) is 9.29. The zero-order valence-electron chi connectivity index (χ0n) is 20.0. The van der Waals surface area contributed by atoms with Crippen LogP contribution in [0.2, 0.25) is 0 Å². The highest BCUT2D eigenvalue weighted by Gasteiger charge is 2.61. The standard InChI is InChI=1S/C27H42F4O/c1-3-7-20-11-13-21(14-12-20)22-15-18-25(32-19-22)10-6-5-9-24-17-16-23(8-4-2)26(28,29)27(24,30)31/h16-17,20-22,25H,3-15,18-19H2,1-2H3. The Balaban J connectivity index is 1.36. The third kappa shape index (κ3) is 5.98. The second-order valence-electron chi connectivity index (χ2n) is 10.4. The summed E-state index contributed by atoms with van der Waals surface area (Å²) in [6.07, 6.45) is 15.5. The van der Waals surface area contributed by atoms with Gasteiger partial charge in [0.25, 0.3) is 0 Å². The Morgan fingerprint density at radius 2 is 1.38 bits per heavy atom. The Labute approximate surface area is 192 Å². The Morgan fingerprint density at radius 1 is 0.750 bits per heavy atom. The molecule has 0 bridgehead atoms. The maximum atomic E-state index is 14.4. The third-order valence-corrected chi connectivity index (χ3v) is 8.09. The summed E-state index contributed by atoms with van der Waals surface area (Å²) >= 11 is 0. The number of alkyl halides is 4. The Morgan fingerprint density at radius 3 is 1.94 bits per heavy atom. The predicted octanol–water partition coefficient (Wildman–Crippen LogP) is 8.89. The first-order valence-corrected chi connectivity index (χ1v) is 13.1. The molecule has 184 valence electrons. The lowest BCUT2D eigenvalue weighted by atomic mass is 9.73.